The fraction of sp³-hybridized carbons (Fsp3) is 0.233. The number of unbranched alkanes of at least 4 members (excludes halogenated alkanes) is 2. The van der Waals surface area contributed by atoms with Crippen LogP contribution in [0.15, 0.2) is 77.4 Å². The van der Waals surface area contributed by atoms with Crippen molar-refractivity contribution < 1.29 is 14.0 Å². The number of nitrogens with zero attached hydrogens (tertiary/aromatic N) is 1. The van der Waals surface area contributed by atoms with Crippen molar-refractivity contribution in [1.29, 1.82) is 0 Å². The van der Waals surface area contributed by atoms with E-state index in [1.807, 2.05) is 24.4 Å². The molecule has 1 amide bonds. The number of aryl methyl sites for hydroxylation is 2. The first-order chi connectivity index (χ1) is 17.5. The van der Waals surface area contributed by atoms with Gasteiger partial charge in [0.2, 0.25) is 5.78 Å². The van der Waals surface area contributed by atoms with E-state index in [1.165, 1.54) is 11.6 Å². The molecule has 0 saturated heterocycles. The summed E-state index contributed by atoms with van der Waals surface area (Å²) in [4.78, 5) is 29.2. The fourth-order valence-electron chi connectivity index (χ4n) is 3.97. The minimum absolute atomic E-state index is 0.116. The van der Waals surface area contributed by atoms with Crippen molar-refractivity contribution in [3.63, 3.8) is 0 Å². The summed E-state index contributed by atoms with van der Waals surface area (Å²) in [6.07, 6.45) is 7.90. The third-order valence-corrected chi connectivity index (χ3v) is 5.91. The second-order valence-electron chi connectivity index (χ2n) is 8.86. The molecule has 2 heterocycles. The van der Waals surface area contributed by atoms with Gasteiger partial charge in [-0.25, -0.2) is 0 Å². The van der Waals surface area contributed by atoms with Crippen molar-refractivity contribution in [2.75, 3.05) is 18.4 Å². The number of allylic oxidation sites excluding steroid dienone is 1. The number of nitrogens with one attached hydrogen (secondary N) is 2. The van der Waals surface area contributed by atoms with E-state index < -0.39 is 0 Å². The van der Waals surface area contributed by atoms with E-state index in [1.54, 1.807) is 37.3 Å². The van der Waals surface area contributed by atoms with Crippen LogP contribution in [0, 0.1) is 13.8 Å². The molecule has 2 aromatic heterocycles. The molecular formula is C30H31N3O3. The second-order valence-corrected chi connectivity index (χ2v) is 8.86. The number of hydrogen-bond acceptors (Lipinski definition) is 5. The van der Waals surface area contributed by atoms with Gasteiger partial charge in [0.1, 0.15) is 5.76 Å². The lowest BCUT2D eigenvalue weighted by atomic mass is 10.1. The number of rotatable bonds is 11. The molecule has 0 saturated carbocycles. The zero-order chi connectivity index (χ0) is 25.3. The number of carbonyl (C=O) groups is 2. The van der Waals surface area contributed by atoms with E-state index in [4.69, 9.17) is 4.42 Å². The quantitative estimate of drug-likeness (QED) is 0.148. The monoisotopic (exact) mass is 481 g/mol. The molecule has 0 unspecified atom stereocenters. The number of amides is 1. The summed E-state index contributed by atoms with van der Waals surface area (Å²) in [6.45, 7) is 5.35. The predicted octanol–water partition coefficient (Wildman–Crippen LogP) is 6.35. The number of furan rings is 1. The van der Waals surface area contributed by atoms with Crippen LogP contribution in [0.25, 0.3) is 17.0 Å². The Labute approximate surface area is 211 Å². The Morgan fingerprint density at radius 3 is 2.64 bits per heavy atom. The number of aromatic nitrogens is 1. The lowest BCUT2D eigenvalue weighted by molar-refractivity contribution is 0.0952. The van der Waals surface area contributed by atoms with Crippen LogP contribution in [0.2, 0.25) is 0 Å². The molecule has 4 aromatic rings. The van der Waals surface area contributed by atoms with Crippen LogP contribution < -0.4 is 10.6 Å². The average Bonchev–Trinajstić information content (AvgIpc) is 3.33. The highest BCUT2D eigenvalue weighted by Gasteiger charge is 2.08. The van der Waals surface area contributed by atoms with Gasteiger partial charge in [0.25, 0.3) is 5.91 Å². The van der Waals surface area contributed by atoms with Crippen LogP contribution in [0.1, 0.15) is 57.1 Å². The third-order valence-electron chi connectivity index (χ3n) is 5.91. The summed E-state index contributed by atoms with van der Waals surface area (Å²) in [6, 6.07) is 18.9. The standard InChI is InChI=1S/C30H31N3O3/c1-21-9-12-25-26(15-18-32-27(25)19-21)31-16-4-3-5-17-33-30(35)24-8-6-7-23(20-24)11-13-28(34)29-14-10-22(2)36-29/h6-15,18-20H,3-5,16-17H2,1-2H3,(H,31,32)(H,33,35)/b13-11+. The van der Waals surface area contributed by atoms with Gasteiger partial charge in [-0.15, -0.1) is 0 Å². The maximum Gasteiger partial charge on any atom is 0.251 e. The third kappa shape index (κ3) is 6.69. The molecule has 4 rings (SSSR count). The molecule has 184 valence electrons. The molecule has 2 aromatic carbocycles. The average molecular weight is 482 g/mol. The summed E-state index contributed by atoms with van der Waals surface area (Å²) in [5, 5.41) is 7.62. The Balaban J connectivity index is 1.18. The van der Waals surface area contributed by atoms with Crippen molar-refractivity contribution in [2.45, 2.75) is 33.1 Å². The lowest BCUT2D eigenvalue weighted by Crippen LogP contribution is -2.24. The van der Waals surface area contributed by atoms with Crippen molar-refractivity contribution in [3.05, 3.63) is 101 Å². The van der Waals surface area contributed by atoms with Gasteiger partial charge < -0.3 is 15.1 Å². The number of anilines is 1. The van der Waals surface area contributed by atoms with Crippen LogP contribution in [-0.2, 0) is 0 Å². The van der Waals surface area contributed by atoms with E-state index >= 15 is 0 Å². The van der Waals surface area contributed by atoms with Crippen molar-refractivity contribution in [3.8, 4) is 0 Å². The minimum atomic E-state index is -0.209. The lowest BCUT2D eigenvalue weighted by Gasteiger charge is -2.10. The number of carbonyl (C=O) groups excluding carboxylic acids is 2. The summed E-state index contributed by atoms with van der Waals surface area (Å²) in [7, 11) is 0. The number of benzene rings is 2. The Morgan fingerprint density at radius 2 is 1.81 bits per heavy atom. The Morgan fingerprint density at radius 1 is 0.944 bits per heavy atom. The minimum Gasteiger partial charge on any atom is -0.458 e. The van der Waals surface area contributed by atoms with E-state index in [-0.39, 0.29) is 11.7 Å². The first-order valence-corrected chi connectivity index (χ1v) is 12.3. The number of ketones is 1. The maximum atomic E-state index is 12.5. The topological polar surface area (TPSA) is 84.2 Å². The van der Waals surface area contributed by atoms with Crippen LogP contribution in [0.4, 0.5) is 5.69 Å². The number of pyridine rings is 1. The summed E-state index contributed by atoms with van der Waals surface area (Å²) < 4.78 is 5.35. The van der Waals surface area contributed by atoms with Crippen LogP contribution in [0.3, 0.4) is 0 Å². The van der Waals surface area contributed by atoms with Crippen molar-refractivity contribution >= 4 is 34.4 Å². The number of fused-ring (bicyclic) bond motifs is 1. The van der Waals surface area contributed by atoms with Gasteiger partial charge >= 0.3 is 0 Å². The first kappa shape index (κ1) is 24.9. The largest absolute Gasteiger partial charge is 0.458 e. The molecule has 0 aliphatic rings. The highest BCUT2D eigenvalue weighted by atomic mass is 16.3. The smallest absolute Gasteiger partial charge is 0.251 e. The van der Waals surface area contributed by atoms with Gasteiger partial charge in [0.05, 0.1) is 5.52 Å². The molecule has 6 heteroatoms. The molecule has 36 heavy (non-hydrogen) atoms. The van der Waals surface area contributed by atoms with Gasteiger partial charge in [-0.05, 0) is 86.7 Å². The molecule has 0 radical (unpaired) electrons. The van der Waals surface area contributed by atoms with Gasteiger partial charge in [0, 0.05) is 35.9 Å². The Bertz CT molecular complexity index is 1390. The molecule has 0 fully saturated rings. The van der Waals surface area contributed by atoms with E-state index in [9.17, 15) is 9.59 Å². The molecule has 0 spiro atoms. The summed E-state index contributed by atoms with van der Waals surface area (Å²) in [5.41, 5.74) is 4.65. The zero-order valence-electron chi connectivity index (χ0n) is 20.7. The Kier molecular flexibility index (Phi) is 8.29. The SMILES string of the molecule is Cc1ccc2c(NCCCCCNC(=O)c3cccc(/C=C/C(=O)c4ccc(C)o4)c3)ccnc2c1. The Hall–Kier alpha value is -4.19. The van der Waals surface area contributed by atoms with Crippen LogP contribution in [-0.4, -0.2) is 29.8 Å². The highest BCUT2D eigenvalue weighted by Crippen LogP contribution is 2.22. The van der Waals surface area contributed by atoms with Gasteiger partial charge in [-0.3, -0.25) is 14.6 Å². The molecule has 0 aliphatic carbocycles. The first-order valence-electron chi connectivity index (χ1n) is 12.3. The molecular weight excluding hydrogens is 450 g/mol. The van der Waals surface area contributed by atoms with E-state index in [0.29, 0.717) is 23.6 Å². The van der Waals surface area contributed by atoms with Crippen molar-refractivity contribution in [1.82, 2.24) is 10.3 Å². The maximum absolute atomic E-state index is 12.5. The second kappa shape index (κ2) is 12.0. The van der Waals surface area contributed by atoms with Crippen LogP contribution >= 0.6 is 0 Å². The summed E-state index contributed by atoms with van der Waals surface area (Å²) >= 11 is 0. The van der Waals surface area contributed by atoms with Gasteiger partial charge in [-0.1, -0.05) is 30.3 Å². The van der Waals surface area contributed by atoms with Gasteiger partial charge in [0.15, 0.2) is 5.76 Å². The van der Waals surface area contributed by atoms with Crippen LogP contribution in [0.5, 0.6) is 0 Å². The molecule has 0 atom stereocenters. The van der Waals surface area contributed by atoms with Crippen molar-refractivity contribution in [2.24, 2.45) is 0 Å². The zero-order valence-corrected chi connectivity index (χ0v) is 20.7. The van der Waals surface area contributed by atoms with E-state index in [0.717, 1.165) is 48.0 Å². The summed E-state index contributed by atoms with van der Waals surface area (Å²) in [5.74, 6) is 0.672. The number of hydrogen-bond donors (Lipinski definition) is 2. The predicted molar refractivity (Wildman–Crippen MR) is 144 cm³/mol. The molecule has 2 N–H and O–H groups in total. The fourth-order valence-corrected chi connectivity index (χ4v) is 3.97. The molecule has 0 bridgehead atoms. The molecule has 6 nitrogen and oxygen atoms in total. The molecule has 0 aliphatic heterocycles. The van der Waals surface area contributed by atoms with Gasteiger partial charge in [-0.2, -0.15) is 0 Å². The van der Waals surface area contributed by atoms with E-state index in [2.05, 4.69) is 40.7 Å². The normalized spacial score (nSPS) is 11.2. The highest BCUT2D eigenvalue weighted by molar-refractivity contribution is 6.05.